The summed E-state index contributed by atoms with van der Waals surface area (Å²) >= 11 is 3.34. The number of aromatic nitrogens is 3. The lowest BCUT2D eigenvalue weighted by Crippen LogP contribution is -2.16. The number of anilines is 2. The Morgan fingerprint density at radius 3 is 2.67 bits per heavy atom. The van der Waals surface area contributed by atoms with Crippen molar-refractivity contribution in [3.05, 3.63) is 28.5 Å². The van der Waals surface area contributed by atoms with Crippen LogP contribution in [0.25, 0.3) is 11.4 Å². The normalized spacial score (nSPS) is 10.5. The zero-order valence-electron chi connectivity index (χ0n) is 12.2. The van der Waals surface area contributed by atoms with Crippen LogP contribution in [0.2, 0.25) is 0 Å². The number of hydrogen-bond donors (Lipinski definition) is 1. The molecule has 21 heavy (non-hydrogen) atoms. The topological polar surface area (TPSA) is 53.9 Å². The van der Waals surface area contributed by atoms with Gasteiger partial charge in [0.15, 0.2) is 5.82 Å². The zero-order chi connectivity index (χ0) is 15.4. The van der Waals surface area contributed by atoms with Gasteiger partial charge in [0.05, 0.1) is 5.56 Å². The number of halogens is 2. The van der Waals surface area contributed by atoms with E-state index in [-0.39, 0.29) is 5.82 Å². The van der Waals surface area contributed by atoms with Gasteiger partial charge < -0.3 is 10.2 Å². The van der Waals surface area contributed by atoms with Crippen molar-refractivity contribution >= 4 is 27.8 Å². The van der Waals surface area contributed by atoms with Gasteiger partial charge in [0, 0.05) is 25.1 Å². The summed E-state index contributed by atoms with van der Waals surface area (Å²) in [5.74, 6) is 0.879. The van der Waals surface area contributed by atoms with Crippen LogP contribution in [0.3, 0.4) is 0 Å². The van der Waals surface area contributed by atoms with E-state index in [0.717, 1.165) is 17.4 Å². The highest BCUT2D eigenvalue weighted by Gasteiger charge is 2.13. The van der Waals surface area contributed by atoms with Gasteiger partial charge in [0.1, 0.15) is 5.82 Å². The third kappa shape index (κ3) is 3.87. The number of benzene rings is 1. The van der Waals surface area contributed by atoms with Crippen molar-refractivity contribution in [1.29, 1.82) is 0 Å². The van der Waals surface area contributed by atoms with Gasteiger partial charge in [0.25, 0.3) is 0 Å². The molecule has 1 aromatic heterocycles. The molecular formula is C14H17BrFN5. The summed E-state index contributed by atoms with van der Waals surface area (Å²) < 4.78 is 14.8. The van der Waals surface area contributed by atoms with Crippen molar-refractivity contribution in [3.8, 4) is 11.4 Å². The molecule has 1 aromatic carbocycles. The predicted molar refractivity (Wildman–Crippen MR) is 86.0 cm³/mol. The van der Waals surface area contributed by atoms with Crippen LogP contribution in [0.15, 0.2) is 22.7 Å². The molecule has 0 aliphatic rings. The van der Waals surface area contributed by atoms with Gasteiger partial charge >= 0.3 is 0 Å². The number of rotatable bonds is 5. The predicted octanol–water partition coefficient (Wildman–Crippen LogP) is 3.33. The van der Waals surface area contributed by atoms with Crippen LogP contribution in [0.4, 0.5) is 16.3 Å². The van der Waals surface area contributed by atoms with Crippen LogP contribution < -0.4 is 10.2 Å². The number of hydrogen-bond acceptors (Lipinski definition) is 5. The summed E-state index contributed by atoms with van der Waals surface area (Å²) in [4.78, 5) is 14.7. The molecule has 0 atom stereocenters. The van der Waals surface area contributed by atoms with E-state index in [9.17, 15) is 4.39 Å². The van der Waals surface area contributed by atoms with Crippen molar-refractivity contribution in [2.45, 2.75) is 13.3 Å². The van der Waals surface area contributed by atoms with Gasteiger partial charge in [-0.15, -0.1) is 0 Å². The minimum atomic E-state index is -0.365. The number of nitrogens with zero attached hydrogens (tertiary/aromatic N) is 4. The minimum absolute atomic E-state index is 0.311. The fourth-order valence-corrected chi connectivity index (χ4v) is 2.03. The Morgan fingerprint density at radius 1 is 1.24 bits per heavy atom. The maximum absolute atomic E-state index is 14.0. The lowest BCUT2D eigenvalue weighted by molar-refractivity contribution is 0.629. The van der Waals surface area contributed by atoms with Crippen molar-refractivity contribution in [1.82, 2.24) is 15.0 Å². The molecule has 1 N–H and O–H groups in total. The fraction of sp³-hybridized carbons (Fsp3) is 0.357. The molecular weight excluding hydrogens is 337 g/mol. The van der Waals surface area contributed by atoms with E-state index in [1.807, 2.05) is 14.1 Å². The number of nitrogens with one attached hydrogen (secondary N) is 1. The molecule has 2 rings (SSSR count). The molecule has 0 saturated heterocycles. The molecule has 5 nitrogen and oxygen atoms in total. The quantitative estimate of drug-likeness (QED) is 0.893. The Balaban J connectivity index is 2.51. The maximum Gasteiger partial charge on any atom is 0.230 e. The van der Waals surface area contributed by atoms with E-state index >= 15 is 0 Å². The SMILES string of the molecule is CCCNc1nc(-c2cc(Br)ccc2F)nc(N(C)C)n1. The van der Waals surface area contributed by atoms with Crippen molar-refractivity contribution < 1.29 is 4.39 Å². The first-order valence-corrected chi connectivity index (χ1v) is 7.43. The highest BCUT2D eigenvalue weighted by molar-refractivity contribution is 9.10. The van der Waals surface area contributed by atoms with Crippen LogP contribution in [0, 0.1) is 5.82 Å². The smallest absolute Gasteiger partial charge is 0.230 e. The Morgan fingerprint density at radius 2 is 2.00 bits per heavy atom. The van der Waals surface area contributed by atoms with E-state index in [4.69, 9.17) is 0 Å². The Kier molecular flexibility index (Phi) is 5.06. The molecule has 0 amide bonds. The zero-order valence-corrected chi connectivity index (χ0v) is 13.8. The van der Waals surface area contributed by atoms with E-state index in [2.05, 4.69) is 43.1 Å². The average Bonchev–Trinajstić information content (AvgIpc) is 2.47. The van der Waals surface area contributed by atoms with E-state index in [1.54, 1.807) is 17.0 Å². The summed E-state index contributed by atoms with van der Waals surface area (Å²) in [5, 5.41) is 3.11. The van der Waals surface area contributed by atoms with Gasteiger partial charge in [0.2, 0.25) is 11.9 Å². The molecule has 0 aliphatic carbocycles. The van der Waals surface area contributed by atoms with Crippen molar-refractivity contribution in [3.63, 3.8) is 0 Å². The maximum atomic E-state index is 14.0. The van der Waals surface area contributed by atoms with Gasteiger partial charge in [-0.2, -0.15) is 15.0 Å². The first kappa shape index (κ1) is 15.6. The summed E-state index contributed by atoms with van der Waals surface area (Å²) in [6.07, 6.45) is 0.948. The molecule has 0 aliphatic heterocycles. The van der Waals surface area contributed by atoms with Gasteiger partial charge in [-0.25, -0.2) is 4.39 Å². The van der Waals surface area contributed by atoms with E-state index < -0.39 is 0 Å². The second kappa shape index (κ2) is 6.80. The molecule has 0 spiro atoms. The third-order valence-electron chi connectivity index (χ3n) is 2.73. The summed E-state index contributed by atoms with van der Waals surface area (Å²) in [6.45, 7) is 2.80. The second-order valence-electron chi connectivity index (χ2n) is 4.73. The van der Waals surface area contributed by atoms with Gasteiger partial charge in [-0.05, 0) is 24.6 Å². The molecule has 7 heteroatoms. The minimum Gasteiger partial charge on any atom is -0.354 e. The lowest BCUT2D eigenvalue weighted by Gasteiger charge is -2.13. The fourth-order valence-electron chi connectivity index (χ4n) is 1.67. The molecule has 0 fully saturated rings. The van der Waals surface area contributed by atoms with E-state index in [1.165, 1.54) is 6.07 Å². The van der Waals surface area contributed by atoms with Crippen LogP contribution in [0.1, 0.15) is 13.3 Å². The highest BCUT2D eigenvalue weighted by Crippen LogP contribution is 2.25. The molecule has 1 heterocycles. The third-order valence-corrected chi connectivity index (χ3v) is 3.22. The molecule has 0 saturated carbocycles. The van der Waals surface area contributed by atoms with Gasteiger partial charge in [-0.3, -0.25) is 0 Å². The Bertz CT molecular complexity index is 633. The first-order valence-electron chi connectivity index (χ1n) is 6.64. The molecule has 2 aromatic rings. The van der Waals surface area contributed by atoms with Crippen molar-refractivity contribution in [2.24, 2.45) is 0 Å². The van der Waals surface area contributed by atoms with Gasteiger partial charge in [-0.1, -0.05) is 22.9 Å². The average molecular weight is 354 g/mol. The van der Waals surface area contributed by atoms with Crippen LogP contribution in [-0.2, 0) is 0 Å². The van der Waals surface area contributed by atoms with E-state index in [0.29, 0.717) is 23.3 Å². The highest BCUT2D eigenvalue weighted by atomic mass is 79.9. The van der Waals surface area contributed by atoms with Crippen LogP contribution in [0.5, 0.6) is 0 Å². The monoisotopic (exact) mass is 353 g/mol. The van der Waals surface area contributed by atoms with Crippen LogP contribution >= 0.6 is 15.9 Å². The standard InChI is InChI=1S/C14H17BrFN5/c1-4-7-17-13-18-12(19-14(20-13)21(2)3)10-8-9(15)5-6-11(10)16/h5-6,8H,4,7H2,1-3H3,(H,17,18,19,20). The summed E-state index contributed by atoms with van der Waals surface area (Å²) in [5.41, 5.74) is 0.342. The summed E-state index contributed by atoms with van der Waals surface area (Å²) in [7, 11) is 3.67. The second-order valence-corrected chi connectivity index (χ2v) is 5.64. The van der Waals surface area contributed by atoms with Crippen molar-refractivity contribution in [2.75, 3.05) is 30.9 Å². The molecule has 0 bridgehead atoms. The van der Waals surface area contributed by atoms with Crippen LogP contribution in [-0.4, -0.2) is 35.6 Å². The summed E-state index contributed by atoms with van der Waals surface area (Å²) in [6, 6.07) is 4.69. The Labute approximate surface area is 131 Å². The Hall–Kier alpha value is -1.76. The largest absolute Gasteiger partial charge is 0.354 e. The lowest BCUT2D eigenvalue weighted by atomic mass is 10.2. The molecule has 0 unspecified atom stereocenters. The molecule has 112 valence electrons. The molecule has 0 radical (unpaired) electrons. The first-order chi connectivity index (χ1) is 10.0.